The third-order valence-electron chi connectivity index (χ3n) is 3.15. The minimum Gasteiger partial charge on any atom is -0.385 e. The highest BCUT2D eigenvalue weighted by molar-refractivity contribution is 6.33. The molecule has 0 aliphatic carbocycles. The van der Waals surface area contributed by atoms with Crippen LogP contribution in [0.2, 0.25) is 5.02 Å². The molecule has 0 radical (unpaired) electrons. The molecule has 0 fully saturated rings. The first-order valence-corrected chi connectivity index (χ1v) is 7.79. The summed E-state index contributed by atoms with van der Waals surface area (Å²) in [6.45, 7) is 1.04. The van der Waals surface area contributed by atoms with Crippen molar-refractivity contribution in [2.75, 3.05) is 25.6 Å². The molecule has 1 aromatic heterocycles. The summed E-state index contributed by atoms with van der Waals surface area (Å²) in [5.74, 6) is -0.768. The van der Waals surface area contributed by atoms with E-state index in [0.717, 1.165) is 0 Å². The predicted octanol–water partition coefficient (Wildman–Crippen LogP) is 2.75. The van der Waals surface area contributed by atoms with Crippen LogP contribution in [-0.4, -0.2) is 37.1 Å². The van der Waals surface area contributed by atoms with Gasteiger partial charge in [0.05, 0.1) is 10.7 Å². The molecule has 0 atom stereocenters. The number of hydrogen-bond acceptors (Lipinski definition) is 4. The Morgan fingerprint density at radius 3 is 2.50 bits per heavy atom. The van der Waals surface area contributed by atoms with Crippen molar-refractivity contribution in [3.63, 3.8) is 0 Å². The van der Waals surface area contributed by atoms with Crippen molar-refractivity contribution >= 4 is 29.1 Å². The maximum atomic E-state index is 12.3. The van der Waals surface area contributed by atoms with Gasteiger partial charge in [-0.2, -0.15) is 0 Å². The first-order valence-electron chi connectivity index (χ1n) is 7.42. The van der Waals surface area contributed by atoms with Crippen LogP contribution in [0.4, 0.5) is 5.69 Å². The van der Waals surface area contributed by atoms with Crippen molar-refractivity contribution in [2.45, 2.75) is 6.42 Å². The first kappa shape index (κ1) is 17.9. The molecule has 0 saturated heterocycles. The lowest BCUT2D eigenvalue weighted by Gasteiger charge is -2.08. The summed E-state index contributed by atoms with van der Waals surface area (Å²) in [5, 5.41) is 5.82. The number of hydrogen-bond donors (Lipinski definition) is 2. The van der Waals surface area contributed by atoms with Crippen LogP contribution in [0.15, 0.2) is 42.5 Å². The number of ether oxygens (including phenoxy) is 1. The number of halogens is 1. The van der Waals surface area contributed by atoms with Crippen molar-refractivity contribution in [1.82, 2.24) is 10.3 Å². The molecule has 1 aromatic carbocycles. The standard InChI is InChI=1S/C17H18ClN3O3/c1-24-11-5-10-19-16(22)14-8-4-9-15(20-14)17(23)21-13-7-3-2-6-12(13)18/h2-4,6-9H,5,10-11H2,1H3,(H,19,22)(H,21,23). The van der Waals surface area contributed by atoms with Gasteiger partial charge in [0.1, 0.15) is 11.4 Å². The van der Waals surface area contributed by atoms with Crippen LogP contribution in [0.25, 0.3) is 0 Å². The second kappa shape index (κ2) is 9.00. The predicted molar refractivity (Wildman–Crippen MR) is 92.5 cm³/mol. The number of pyridine rings is 1. The van der Waals surface area contributed by atoms with Crippen LogP contribution in [0, 0.1) is 0 Å². The Bertz CT molecular complexity index is 722. The Morgan fingerprint density at radius 2 is 1.79 bits per heavy atom. The van der Waals surface area contributed by atoms with Gasteiger partial charge >= 0.3 is 0 Å². The number of benzene rings is 1. The molecule has 0 aliphatic rings. The first-order chi connectivity index (χ1) is 11.6. The number of amides is 2. The normalized spacial score (nSPS) is 10.2. The van der Waals surface area contributed by atoms with E-state index in [4.69, 9.17) is 16.3 Å². The quantitative estimate of drug-likeness (QED) is 0.755. The van der Waals surface area contributed by atoms with E-state index in [9.17, 15) is 9.59 Å². The topological polar surface area (TPSA) is 80.3 Å². The van der Waals surface area contributed by atoms with E-state index in [1.807, 2.05) is 0 Å². The molecule has 7 heteroatoms. The van der Waals surface area contributed by atoms with Crippen molar-refractivity contribution in [2.24, 2.45) is 0 Å². The van der Waals surface area contributed by atoms with E-state index in [1.54, 1.807) is 43.5 Å². The second-order valence-corrected chi connectivity index (χ2v) is 5.35. The van der Waals surface area contributed by atoms with Crippen molar-refractivity contribution < 1.29 is 14.3 Å². The number of nitrogens with zero attached hydrogens (tertiary/aromatic N) is 1. The van der Waals surface area contributed by atoms with Crippen molar-refractivity contribution in [3.8, 4) is 0 Å². The van der Waals surface area contributed by atoms with Crippen LogP contribution in [0.3, 0.4) is 0 Å². The molecule has 1 heterocycles. The molecule has 2 aromatic rings. The number of nitrogens with one attached hydrogen (secondary N) is 2. The molecule has 2 rings (SSSR count). The Labute approximate surface area is 145 Å². The molecule has 0 spiro atoms. The molecule has 2 amide bonds. The Balaban J connectivity index is 2.02. The van der Waals surface area contributed by atoms with Crippen LogP contribution in [0.1, 0.15) is 27.4 Å². The fraction of sp³-hybridized carbons (Fsp3) is 0.235. The number of rotatable bonds is 7. The molecule has 0 saturated carbocycles. The number of para-hydroxylation sites is 1. The zero-order valence-corrected chi connectivity index (χ0v) is 14.0. The summed E-state index contributed by atoms with van der Waals surface area (Å²) in [7, 11) is 1.60. The third-order valence-corrected chi connectivity index (χ3v) is 3.48. The minimum atomic E-state index is -0.433. The zero-order valence-electron chi connectivity index (χ0n) is 13.2. The summed E-state index contributed by atoms with van der Waals surface area (Å²) < 4.78 is 4.92. The van der Waals surface area contributed by atoms with E-state index < -0.39 is 5.91 Å². The minimum absolute atomic E-state index is 0.138. The maximum Gasteiger partial charge on any atom is 0.274 e. The number of aromatic nitrogens is 1. The van der Waals surface area contributed by atoms with E-state index in [2.05, 4.69) is 15.6 Å². The lowest BCUT2D eigenvalue weighted by atomic mass is 10.2. The molecule has 0 bridgehead atoms. The monoisotopic (exact) mass is 347 g/mol. The smallest absolute Gasteiger partial charge is 0.274 e. The zero-order chi connectivity index (χ0) is 17.4. The summed E-state index contributed by atoms with van der Waals surface area (Å²) in [4.78, 5) is 28.4. The SMILES string of the molecule is COCCCNC(=O)c1cccc(C(=O)Nc2ccccc2Cl)n1. The number of methoxy groups -OCH3 is 1. The maximum absolute atomic E-state index is 12.3. The molecule has 126 valence electrons. The summed E-state index contributed by atoms with van der Waals surface area (Å²) in [6.07, 6.45) is 0.703. The lowest BCUT2D eigenvalue weighted by molar-refractivity contribution is 0.0943. The highest BCUT2D eigenvalue weighted by Gasteiger charge is 2.13. The average Bonchev–Trinajstić information content (AvgIpc) is 2.60. The molecule has 2 N–H and O–H groups in total. The van der Waals surface area contributed by atoms with Crippen molar-refractivity contribution in [3.05, 3.63) is 58.9 Å². The van der Waals surface area contributed by atoms with Crippen molar-refractivity contribution in [1.29, 1.82) is 0 Å². The van der Waals surface area contributed by atoms with Gasteiger partial charge in [0, 0.05) is 20.3 Å². The Hall–Kier alpha value is -2.44. The molecule has 0 unspecified atom stereocenters. The van der Waals surface area contributed by atoms with Gasteiger partial charge in [-0.15, -0.1) is 0 Å². The average molecular weight is 348 g/mol. The molecular weight excluding hydrogens is 330 g/mol. The third kappa shape index (κ3) is 5.04. The molecular formula is C17H18ClN3O3. The highest BCUT2D eigenvalue weighted by Crippen LogP contribution is 2.20. The lowest BCUT2D eigenvalue weighted by Crippen LogP contribution is -2.27. The fourth-order valence-corrected chi connectivity index (χ4v) is 2.13. The van der Waals surface area contributed by atoms with Crippen LogP contribution in [-0.2, 0) is 4.74 Å². The van der Waals surface area contributed by atoms with Gasteiger partial charge in [0.25, 0.3) is 11.8 Å². The van der Waals surface area contributed by atoms with Crippen LogP contribution < -0.4 is 10.6 Å². The number of anilines is 1. The van der Waals surface area contributed by atoms with E-state index >= 15 is 0 Å². The largest absolute Gasteiger partial charge is 0.385 e. The number of carbonyl (C=O) groups excluding carboxylic acids is 2. The van der Waals surface area contributed by atoms with E-state index in [1.165, 1.54) is 6.07 Å². The molecule has 24 heavy (non-hydrogen) atoms. The summed E-state index contributed by atoms with van der Waals surface area (Å²) >= 11 is 6.01. The van der Waals surface area contributed by atoms with Gasteiger partial charge < -0.3 is 15.4 Å². The second-order valence-electron chi connectivity index (χ2n) is 4.94. The van der Waals surface area contributed by atoms with Gasteiger partial charge in [-0.1, -0.05) is 29.8 Å². The van der Waals surface area contributed by atoms with Crippen LogP contribution in [0.5, 0.6) is 0 Å². The van der Waals surface area contributed by atoms with E-state index in [-0.39, 0.29) is 17.3 Å². The molecule has 0 aliphatic heterocycles. The summed E-state index contributed by atoms with van der Waals surface area (Å²) in [6, 6.07) is 11.6. The van der Waals surface area contributed by atoms with Gasteiger partial charge in [0.2, 0.25) is 0 Å². The summed E-state index contributed by atoms with van der Waals surface area (Å²) in [5.41, 5.74) is 0.805. The van der Waals surface area contributed by atoms with Gasteiger partial charge in [0.15, 0.2) is 0 Å². The highest BCUT2D eigenvalue weighted by atomic mass is 35.5. The Morgan fingerprint density at radius 1 is 1.08 bits per heavy atom. The fourth-order valence-electron chi connectivity index (χ4n) is 1.95. The van der Waals surface area contributed by atoms with Crippen LogP contribution >= 0.6 is 11.6 Å². The van der Waals surface area contributed by atoms with Gasteiger partial charge in [-0.3, -0.25) is 9.59 Å². The van der Waals surface area contributed by atoms with Gasteiger partial charge in [-0.25, -0.2) is 4.98 Å². The Kier molecular flexibility index (Phi) is 6.72. The van der Waals surface area contributed by atoms with Gasteiger partial charge in [-0.05, 0) is 30.7 Å². The van der Waals surface area contributed by atoms with E-state index in [0.29, 0.717) is 30.3 Å². The molecule has 6 nitrogen and oxygen atoms in total. The number of carbonyl (C=O) groups is 2.